The van der Waals surface area contributed by atoms with Crippen LogP contribution in [0.15, 0.2) is 35.2 Å². The first-order valence-corrected chi connectivity index (χ1v) is 10.4. The Labute approximate surface area is 176 Å². The molecule has 0 aromatic heterocycles. The van der Waals surface area contributed by atoms with Crippen molar-refractivity contribution in [1.82, 2.24) is 4.90 Å². The number of hydrogen-bond donors (Lipinski definition) is 2. The van der Waals surface area contributed by atoms with Crippen LogP contribution in [0.25, 0.3) is 0 Å². The van der Waals surface area contributed by atoms with E-state index >= 15 is 0 Å². The minimum Gasteiger partial charge on any atom is -0.483 e. The number of primary sulfonamides is 1. The monoisotopic (exact) mass is 460 g/mol. The van der Waals surface area contributed by atoms with Gasteiger partial charge in [0.2, 0.25) is 10.0 Å². The van der Waals surface area contributed by atoms with Crippen LogP contribution in [0.5, 0.6) is 5.75 Å². The molecule has 0 bridgehead atoms. The van der Waals surface area contributed by atoms with Crippen LogP contribution in [-0.2, 0) is 32.6 Å². The van der Waals surface area contributed by atoms with E-state index < -0.39 is 63.9 Å². The van der Waals surface area contributed by atoms with Gasteiger partial charge in [-0.25, -0.2) is 26.7 Å². The number of sulfonamides is 1. The number of amides is 1. The van der Waals surface area contributed by atoms with E-state index in [2.05, 4.69) is 0 Å². The highest BCUT2D eigenvalue weighted by molar-refractivity contribution is 7.89. The Morgan fingerprint density at radius 2 is 1.81 bits per heavy atom. The number of carbonyl (C=O) groups excluding carboxylic acids is 1. The van der Waals surface area contributed by atoms with E-state index in [1.807, 2.05) is 0 Å². The van der Waals surface area contributed by atoms with Gasteiger partial charge in [-0.15, -0.1) is 0 Å². The zero-order valence-electron chi connectivity index (χ0n) is 16.3. The molecule has 0 radical (unpaired) electrons. The summed E-state index contributed by atoms with van der Waals surface area (Å²) in [7, 11) is -4.15. The third-order valence-corrected chi connectivity index (χ3v) is 5.13. The van der Waals surface area contributed by atoms with E-state index in [0.717, 1.165) is 23.1 Å². The smallest absolute Gasteiger partial charge is 0.323 e. The first-order chi connectivity index (χ1) is 14.4. The number of halogens is 3. The number of carboxylic acids is 1. The molecule has 0 heterocycles. The molecular formula is C19H19F3N2O6S. The van der Waals surface area contributed by atoms with Crippen LogP contribution < -0.4 is 9.88 Å². The zero-order chi connectivity index (χ0) is 23.3. The van der Waals surface area contributed by atoms with Crippen molar-refractivity contribution in [2.45, 2.75) is 24.8 Å². The molecule has 0 saturated carbocycles. The standard InChI is InChI=1S/C19H19F3N2O6S/c1-2-14-16(22)5-12(20)6-17(14)30-10-18(25)24(9-19(26)27)8-11-3-4-13(7-15(11)21)31(23,28)29/h3-7H,2,8-10H2,1H3,(H,26,27)(H2,23,28,29). The number of ether oxygens (including phenoxy) is 1. The molecule has 2 aromatic carbocycles. The summed E-state index contributed by atoms with van der Waals surface area (Å²) in [6.45, 7) is -0.518. The second kappa shape index (κ2) is 9.79. The average Bonchev–Trinajstić information content (AvgIpc) is 2.65. The third kappa shape index (κ3) is 6.43. The van der Waals surface area contributed by atoms with Crippen molar-refractivity contribution in [1.29, 1.82) is 0 Å². The summed E-state index contributed by atoms with van der Waals surface area (Å²) < 4.78 is 69.3. The van der Waals surface area contributed by atoms with Crippen molar-refractivity contribution in [2.75, 3.05) is 13.2 Å². The number of hydrogen-bond acceptors (Lipinski definition) is 5. The maximum absolute atomic E-state index is 14.3. The van der Waals surface area contributed by atoms with E-state index in [4.69, 9.17) is 15.0 Å². The van der Waals surface area contributed by atoms with Crippen molar-refractivity contribution in [2.24, 2.45) is 5.14 Å². The summed E-state index contributed by atoms with van der Waals surface area (Å²) in [5.41, 5.74) is -0.142. The molecule has 0 unspecified atom stereocenters. The topological polar surface area (TPSA) is 127 Å². The van der Waals surface area contributed by atoms with Crippen LogP contribution in [0.2, 0.25) is 0 Å². The normalized spacial score (nSPS) is 11.3. The molecule has 31 heavy (non-hydrogen) atoms. The molecule has 3 N–H and O–H groups in total. The van der Waals surface area contributed by atoms with E-state index in [9.17, 15) is 31.2 Å². The Morgan fingerprint density at radius 3 is 2.35 bits per heavy atom. The highest BCUT2D eigenvalue weighted by Crippen LogP contribution is 2.24. The number of rotatable bonds is 9. The SMILES string of the molecule is CCc1c(F)cc(F)cc1OCC(=O)N(CC(=O)O)Cc1ccc(S(N)(=O)=O)cc1F. The molecule has 12 heteroatoms. The first-order valence-electron chi connectivity index (χ1n) is 8.83. The lowest BCUT2D eigenvalue weighted by atomic mass is 10.1. The average molecular weight is 460 g/mol. The summed E-state index contributed by atoms with van der Waals surface area (Å²) in [5.74, 6) is -5.31. The molecule has 2 rings (SSSR count). The van der Waals surface area contributed by atoms with Gasteiger partial charge < -0.3 is 14.7 Å². The highest BCUT2D eigenvalue weighted by atomic mass is 32.2. The van der Waals surface area contributed by atoms with E-state index in [0.29, 0.717) is 12.1 Å². The van der Waals surface area contributed by atoms with Crippen LogP contribution >= 0.6 is 0 Å². The van der Waals surface area contributed by atoms with Crippen molar-refractivity contribution in [3.63, 3.8) is 0 Å². The van der Waals surface area contributed by atoms with E-state index in [-0.39, 0.29) is 23.3 Å². The maximum atomic E-state index is 14.3. The molecule has 8 nitrogen and oxygen atoms in total. The van der Waals surface area contributed by atoms with Crippen molar-refractivity contribution in [3.05, 3.63) is 58.9 Å². The molecule has 0 aliphatic carbocycles. The number of benzene rings is 2. The van der Waals surface area contributed by atoms with Gasteiger partial charge in [-0.1, -0.05) is 13.0 Å². The van der Waals surface area contributed by atoms with Gasteiger partial charge in [-0.05, 0) is 18.6 Å². The van der Waals surface area contributed by atoms with Gasteiger partial charge in [0.25, 0.3) is 5.91 Å². The molecular weight excluding hydrogens is 441 g/mol. The first kappa shape index (κ1) is 24.2. The summed E-state index contributed by atoms with van der Waals surface area (Å²) in [6, 6.07) is 4.26. The molecule has 0 aliphatic heterocycles. The minimum atomic E-state index is -4.15. The van der Waals surface area contributed by atoms with Gasteiger partial charge in [0.05, 0.1) is 4.90 Å². The highest BCUT2D eigenvalue weighted by Gasteiger charge is 2.21. The van der Waals surface area contributed by atoms with Crippen molar-refractivity contribution in [3.8, 4) is 5.75 Å². The molecule has 2 aromatic rings. The summed E-state index contributed by atoms with van der Waals surface area (Å²) >= 11 is 0. The lowest BCUT2D eigenvalue weighted by Gasteiger charge is -2.22. The minimum absolute atomic E-state index is 0.0311. The Morgan fingerprint density at radius 1 is 1.13 bits per heavy atom. The van der Waals surface area contributed by atoms with Gasteiger partial charge in [-0.3, -0.25) is 9.59 Å². The second-order valence-electron chi connectivity index (χ2n) is 6.45. The summed E-state index contributed by atoms with van der Waals surface area (Å²) in [6.07, 6.45) is 0.149. The Kier molecular flexibility index (Phi) is 7.63. The largest absolute Gasteiger partial charge is 0.483 e. The van der Waals surface area contributed by atoms with Gasteiger partial charge in [0.15, 0.2) is 6.61 Å². The molecule has 168 valence electrons. The summed E-state index contributed by atoms with van der Waals surface area (Å²) in [5, 5.41) is 14.0. The quantitative estimate of drug-likeness (QED) is 0.588. The van der Waals surface area contributed by atoms with Crippen LogP contribution in [0.3, 0.4) is 0 Å². The third-order valence-electron chi connectivity index (χ3n) is 4.22. The van der Waals surface area contributed by atoms with Crippen molar-refractivity contribution >= 4 is 21.9 Å². The molecule has 0 aliphatic rings. The summed E-state index contributed by atoms with van der Waals surface area (Å²) in [4.78, 5) is 23.8. The predicted octanol–water partition coefficient (Wildman–Crippen LogP) is 1.81. The molecule has 0 fully saturated rings. The lowest BCUT2D eigenvalue weighted by Crippen LogP contribution is -2.38. The van der Waals surface area contributed by atoms with Gasteiger partial charge in [-0.2, -0.15) is 0 Å². The van der Waals surface area contributed by atoms with Crippen LogP contribution in [0, 0.1) is 17.5 Å². The Bertz CT molecular complexity index is 1110. The lowest BCUT2D eigenvalue weighted by molar-refractivity contribution is -0.145. The molecule has 0 saturated heterocycles. The number of nitrogens with zero attached hydrogens (tertiary/aromatic N) is 1. The predicted molar refractivity (Wildman–Crippen MR) is 102 cm³/mol. The number of carbonyl (C=O) groups is 2. The molecule has 1 amide bonds. The fourth-order valence-corrected chi connectivity index (χ4v) is 3.24. The maximum Gasteiger partial charge on any atom is 0.323 e. The number of aliphatic carboxylic acids is 1. The number of nitrogens with two attached hydrogens (primary N) is 1. The van der Waals surface area contributed by atoms with Gasteiger partial charge in [0, 0.05) is 29.8 Å². The Hall–Kier alpha value is -3.12. The fraction of sp³-hybridized carbons (Fsp3) is 0.263. The zero-order valence-corrected chi connectivity index (χ0v) is 17.1. The second-order valence-corrected chi connectivity index (χ2v) is 8.01. The fourth-order valence-electron chi connectivity index (χ4n) is 2.72. The van der Waals surface area contributed by atoms with Crippen LogP contribution in [0.4, 0.5) is 13.2 Å². The van der Waals surface area contributed by atoms with Gasteiger partial charge >= 0.3 is 5.97 Å². The van der Waals surface area contributed by atoms with Crippen molar-refractivity contribution < 1.29 is 41.0 Å². The number of carboxylic acid groups (broad SMARTS) is 1. The molecule has 0 spiro atoms. The van der Waals surface area contributed by atoms with E-state index in [1.165, 1.54) is 0 Å². The van der Waals surface area contributed by atoms with Crippen LogP contribution in [0.1, 0.15) is 18.1 Å². The Balaban J connectivity index is 2.21. The van der Waals surface area contributed by atoms with Crippen LogP contribution in [-0.4, -0.2) is 43.5 Å². The van der Waals surface area contributed by atoms with Gasteiger partial charge in [0.1, 0.15) is 29.7 Å². The molecule has 0 atom stereocenters. The van der Waals surface area contributed by atoms with E-state index in [1.54, 1.807) is 6.92 Å².